The van der Waals surface area contributed by atoms with E-state index in [0.29, 0.717) is 29.8 Å². The molecular formula is C20H22N4O3S. The molecule has 3 aromatic heterocycles. The molecule has 8 heteroatoms. The van der Waals surface area contributed by atoms with Crippen LogP contribution >= 0.6 is 11.3 Å². The Bertz CT molecular complexity index is 905. The lowest BCUT2D eigenvalue weighted by molar-refractivity contribution is -0.0168. The summed E-state index contributed by atoms with van der Waals surface area (Å²) >= 11 is 1.36. The monoisotopic (exact) mass is 398 g/mol. The van der Waals surface area contributed by atoms with E-state index in [0.717, 1.165) is 11.3 Å². The second-order valence-corrected chi connectivity index (χ2v) is 7.79. The summed E-state index contributed by atoms with van der Waals surface area (Å²) in [7, 11) is 0. The number of thiazole rings is 1. The Morgan fingerprint density at radius 3 is 2.71 bits per heavy atom. The van der Waals surface area contributed by atoms with E-state index in [9.17, 15) is 4.79 Å². The average Bonchev–Trinajstić information content (AvgIpc) is 3.14. The van der Waals surface area contributed by atoms with Crippen LogP contribution in [0.3, 0.4) is 0 Å². The van der Waals surface area contributed by atoms with Crippen LogP contribution in [0.5, 0.6) is 5.88 Å². The fourth-order valence-electron chi connectivity index (χ4n) is 2.24. The number of nitrogens with one attached hydrogen (secondary N) is 1. The quantitative estimate of drug-likeness (QED) is 0.604. The van der Waals surface area contributed by atoms with Crippen molar-refractivity contribution in [2.45, 2.75) is 26.4 Å². The van der Waals surface area contributed by atoms with Gasteiger partial charge in [-0.25, -0.2) is 9.97 Å². The van der Waals surface area contributed by atoms with Crippen LogP contribution in [0.25, 0.3) is 11.3 Å². The van der Waals surface area contributed by atoms with Crippen LogP contribution < -0.4 is 10.1 Å². The van der Waals surface area contributed by atoms with Crippen molar-refractivity contribution in [1.29, 1.82) is 0 Å². The molecule has 3 heterocycles. The molecule has 0 fully saturated rings. The lowest BCUT2D eigenvalue weighted by atomic mass is 10.2. The third kappa shape index (κ3) is 5.83. The highest BCUT2D eigenvalue weighted by Crippen LogP contribution is 2.24. The number of pyridine rings is 2. The van der Waals surface area contributed by atoms with Gasteiger partial charge in [0, 0.05) is 35.6 Å². The third-order valence-corrected chi connectivity index (χ3v) is 4.31. The van der Waals surface area contributed by atoms with Gasteiger partial charge in [-0.1, -0.05) is 0 Å². The molecule has 0 bridgehead atoms. The fourth-order valence-corrected chi connectivity index (χ4v) is 2.96. The first-order valence-electron chi connectivity index (χ1n) is 8.81. The van der Waals surface area contributed by atoms with Crippen LogP contribution in [0.2, 0.25) is 0 Å². The van der Waals surface area contributed by atoms with Crippen LogP contribution in [-0.4, -0.2) is 39.7 Å². The Labute approximate surface area is 167 Å². The van der Waals surface area contributed by atoms with Crippen LogP contribution in [0, 0.1) is 0 Å². The first-order valence-corrected chi connectivity index (χ1v) is 9.69. The topological polar surface area (TPSA) is 86.2 Å². The molecule has 1 amide bonds. The summed E-state index contributed by atoms with van der Waals surface area (Å²) in [5, 5.41) is 5.18. The predicted octanol–water partition coefficient (Wildman–Crippen LogP) is 4.05. The molecule has 0 saturated heterocycles. The van der Waals surface area contributed by atoms with Crippen molar-refractivity contribution in [3.05, 3.63) is 53.8 Å². The minimum Gasteiger partial charge on any atom is -0.475 e. The Kier molecular flexibility index (Phi) is 6.33. The molecule has 146 valence electrons. The van der Waals surface area contributed by atoms with Gasteiger partial charge in [0.25, 0.3) is 5.91 Å². The number of carbonyl (C=O) groups excluding carboxylic acids is 1. The summed E-state index contributed by atoms with van der Waals surface area (Å²) in [6, 6.07) is 7.09. The van der Waals surface area contributed by atoms with E-state index in [-0.39, 0.29) is 11.5 Å². The molecule has 3 rings (SSSR count). The lowest BCUT2D eigenvalue weighted by Gasteiger charge is -2.19. The van der Waals surface area contributed by atoms with E-state index in [2.05, 4.69) is 20.3 Å². The van der Waals surface area contributed by atoms with Crippen LogP contribution in [0.15, 0.2) is 48.2 Å². The smallest absolute Gasteiger partial charge is 0.259 e. The van der Waals surface area contributed by atoms with Crippen molar-refractivity contribution in [2.75, 3.05) is 18.5 Å². The van der Waals surface area contributed by atoms with Crippen molar-refractivity contribution in [1.82, 2.24) is 15.0 Å². The maximum Gasteiger partial charge on any atom is 0.259 e. The summed E-state index contributed by atoms with van der Waals surface area (Å²) < 4.78 is 11.1. The Balaban J connectivity index is 1.53. The summed E-state index contributed by atoms with van der Waals surface area (Å²) in [4.78, 5) is 25.0. The van der Waals surface area contributed by atoms with E-state index < -0.39 is 0 Å². The van der Waals surface area contributed by atoms with Gasteiger partial charge < -0.3 is 9.47 Å². The van der Waals surface area contributed by atoms with Crippen molar-refractivity contribution < 1.29 is 14.3 Å². The molecule has 0 aliphatic carbocycles. The molecule has 0 aromatic carbocycles. The van der Waals surface area contributed by atoms with Crippen molar-refractivity contribution in [3.63, 3.8) is 0 Å². The van der Waals surface area contributed by atoms with Crippen LogP contribution in [0.4, 0.5) is 5.13 Å². The molecule has 7 nitrogen and oxygen atoms in total. The number of ether oxygens (including phenoxy) is 2. The maximum atomic E-state index is 12.4. The minimum atomic E-state index is -0.276. The first kappa shape index (κ1) is 19.9. The van der Waals surface area contributed by atoms with Crippen molar-refractivity contribution in [3.8, 4) is 17.1 Å². The number of hydrogen-bond donors (Lipinski definition) is 1. The van der Waals surface area contributed by atoms with E-state index in [1.165, 1.54) is 17.5 Å². The Morgan fingerprint density at radius 2 is 2.04 bits per heavy atom. The van der Waals surface area contributed by atoms with Crippen molar-refractivity contribution in [2.24, 2.45) is 0 Å². The highest BCUT2D eigenvalue weighted by molar-refractivity contribution is 7.14. The molecule has 28 heavy (non-hydrogen) atoms. The highest BCUT2D eigenvalue weighted by atomic mass is 32.1. The molecule has 0 aliphatic heterocycles. The summed E-state index contributed by atoms with van der Waals surface area (Å²) in [6.45, 7) is 6.82. The minimum absolute atomic E-state index is 0.203. The number of nitrogens with zero attached hydrogens (tertiary/aromatic N) is 3. The predicted molar refractivity (Wildman–Crippen MR) is 109 cm³/mol. The largest absolute Gasteiger partial charge is 0.475 e. The molecule has 0 aliphatic rings. The molecule has 0 saturated carbocycles. The maximum absolute atomic E-state index is 12.4. The van der Waals surface area contributed by atoms with Crippen LogP contribution in [0.1, 0.15) is 31.1 Å². The van der Waals surface area contributed by atoms with Crippen molar-refractivity contribution >= 4 is 22.4 Å². The van der Waals surface area contributed by atoms with Gasteiger partial charge >= 0.3 is 0 Å². The number of aromatic nitrogens is 3. The molecular weight excluding hydrogens is 376 g/mol. The second kappa shape index (κ2) is 8.90. The van der Waals surface area contributed by atoms with Gasteiger partial charge in [-0.05, 0) is 39.0 Å². The summed E-state index contributed by atoms with van der Waals surface area (Å²) in [5.41, 5.74) is 1.90. The standard InChI is InChI=1S/C20H22N4O3S/c1-20(2,3)27-10-9-26-17-7-6-15(12-22-17)18(25)24-19-23-16(13-28-19)14-5-4-8-21-11-14/h4-8,11-13H,9-10H2,1-3H3,(H,23,24,25). The van der Waals surface area contributed by atoms with Gasteiger partial charge in [0.1, 0.15) is 6.61 Å². The van der Waals surface area contributed by atoms with Crippen LogP contribution in [-0.2, 0) is 4.74 Å². The zero-order valence-electron chi connectivity index (χ0n) is 16.0. The number of hydrogen-bond acceptors (Lipinski definition) is 7. The Hall–Kier alpha value is -2.84. The summed E-state index contributed by atoms with van der Waals surface area (Å²) in [5.74, 6) is 0.171. The van der Waals surface area contributed by atoms with Gasteiger partial charge in [-0.15, -0.1) is 11.3 Å². The zero-order valence-corrected chi connectivity index (χ0v) is 16.8. The SMILES string of the molecule is CC(C)(C)OCCOc1ccc(C(=O)Nc2nc(-c3cccnc3)cs2)cn1. The van der Waals surface area contributed by atoms with Gasteiger partial charge in [0.15, 0.2) is 5.13 Å². The zero-order chi connectivity index (χ0) is 20.0. The number of amides is 1. The van der Waals surface area contributed by atoms with Gasteiger partial charge in [-0.3, -0.25) is 15.1 Å². The third-order valence-electron chi connectivity index (χ3n) is 3.55. The second-order valence-electron chi connectivity index (χ2n) is 6.93. The molecule has 0 spiro atoms. The molecule has 0 unspecified atom stereocenters. The number of anilines is 1. The molecule has 1 N–H and O–H groups in total. The first-order chi connectivity index (χ1) is 13.4. The van der Waals surface area contributed by atoms with Gasteiger partial charge in [-0.2, -0.15) is 0 Å². The number of carbonyl (C=O) groups is 1. The van der Waals surface area contributed by atoms with E-state index in [4.69, 9.17) is 9.47 Å². The lowest BCUT2D eigenvalue weighted by Crippen LogP contribution is -2.22. The fraction of sp³-hybridized carbons (Fsp3) is 0.300. The molecule has 0 atom stereocenters. The van der Waals surface area contributed by atoms with Gasteiger partial charge in [0.2, 0.25) is 5.88 Å². The normalized spacial score (nSPS) is 11.2. The average molecular weight is 398 g/mol. The molecule has 0 radical (unpaired) electrons. The molecule has 3 aromatic rings. The van der Waals surface area contributed by atoms with Gasteiger partial charge in [0.05, 0.1) is 23.5 Å². The Morgan fingerprint density at radius 1 is 1.18 bits per heavy atom. The van der Waals surface area contributed by atoms with E-state index in [1.807, 2.05) is 38.3 Å². The van der Waals surface area contributed by atoms with E-state index in [1.54, 1.807) is 24.5 Å². The highest BCUT2D eigenvalue weighted by Gasteiger charge is 2.12. The summed E-state index contributed by atoms with van der Waals surface area (Å²) in [6.07, 6.45) is 4.91. The number of rotatable bonds is 7. The van der Waals surface area contributed by atoms with E-state index >= 15 is 0 Å².